The Bertz CT molecular complexity index is 600. The summed E-state index contributed by atoms with van der Waals surface area (Å²) in [4.78, 5) is 0. The smallest absolute Gasteiger partial charge is 0.251 e. The van der Waals surface area contributed by atoms with Gasteiger partial charge in [-0.1, -0.05) is 24.3 Å². The number of benzene rings is 1. The van der Waals surface area contributed by atoms with Crippen LogP contribution in [0, 0.1) is 17.8 Å². The molecule has 0 unspecified atom stereocenters. The van der Waals surface area contributed by atoms with Gasteiger partial charge in [0.2, 0.25) is 0 Å². The van der Waals surface area contributed by atoms with E-state index < -0.39 is 11.7 Å². The lowest BCUT2D eigenvalue weighted by molar-refractivity contribution is -0.137. The lowest BCUT2D eigenvalue weighted by Crippen LogP contribution is -2.25. The summed E-state index contributed by atoms with van der Waals surface area (Å²) in [6.07, 6.45) is 11.3. The Morgan fingerprint density at radius 2 is 1.39 bits per heavy atom. The first kappa shape index (κ1) is 21.4. The molecule has 0 saturated heterocycles. The minimum Gasteiger partial charge on any atom is -0.251 e. The molecule has 0 amide bonds. The number of halogens is 4. The molecule has 0 N–H and O–H groups in total. The predicted molar refractivity (Wildman–Crippen MR) is 106 cm³/mol. The molecule has 3 rings (SSSR count). The van der Waals surface area contributed by atoms with Crippen LogP contribution in [0.5, 0.6) is 0 Å². The Morgan fingerprint density at radius 3 is 1.93 bits per heavy atom. The van der Waals surface area contributed by atoms with Gasteiger partial charge in [-0.3, -0.25) is 4.39 Å². The summed E-state index contributed by atoms with van der Waals surface area (Å²) in [6, 6.07) is 5.80. The highest BCUT2D eigenvalue weighted by atomic mass is 19.4. The van der Waals surface area contributed by atoms with Crippen LogP contribution in [0.4, 0.5) is 17.6 Å². The number of rotatable bonds is 6. The first-order valence-electron chi connectivity index (χ1n) is 10.9. The topological polar surface area (TPSA) is 0 Å². The van der Waals surface area contributed by atoms with Crippen LogP contribution in [0.3, 0.4) is 0 Å². The number of unbranched alkanes of at least 4 members (excludes halogenated alkanes) is 1. The van der Waals surface area contributed by atoms with E-state index in [4.69, 9.17) is 0 Å². The van der Waals surface area contributed by atoms with Crippen molar-refractivity contribution in [2.45, 2.75) is 76.3 Å². The predicted octanol–water partition coefficient (Wildman–Crippen LogP) is 8.09. The molecule has 0 heterocycles. The van der Waals surface area contributed by atoms with Gasteiger partial charge in [-0.15, -0.1) is 0 Å². The second-order valence-corrected chi connectivity index (χ2v) is 8.67. The summed E-state index contributed by atoms with van der Waals surface area (Å²) in [6.45, 7) is -0.230. The molecule has 1 aromatic carbocycles. The summed E-state index contributed by atoms with van der Waals surface area (Å²) < 4.78 is 50.3. The van der Waals surface area contributed by atoms with Crippen molar-refractivity contribution in [1.82, 2.24) is 0 Å². The molecular formula is C24H32F4. The first-order valence-corrected chi connectivity index (χ1v) is 10.9. The fourth-order valence-electron chi connectivity index (χ4n) is 5.16. The second-order valence-electron chi connectivity index (χ2n) is 8.67. The zero-order chi connectivity index (χ0) is 20.0. The Kier molecular flexibility index (Phi) is 7.59. The summed E-state index contributed by atoms with van der Waals surface area (Å²) in [5, 5.41) is 0. The van der Waals surface area contributed by atoms with Gasteiger partial charge >= 0.3 is 6.18 Å². The van der Waals surface area contributed by atoms with E-state index in [1.165, 1.54) is 50.7 Å². The van der Waals surface area contributed by atoms with Gasteiger partial charge in [0.05, 0.1) is 12.2 Å². The maximum Gasteiger partial charge on any atom is 0.416 e. The number of hydrogen-bond donors (Lipinski definition) is 0. The summed E-state index contributed by atoms with van der Waals surface area (Å²) in [5.41, 5.74) is 0.508. The quantitative estimate of drug-likeness (QED) is 0.259. The molecule has 156 valence electrons. The van der Waals surface area contributed by atoms with E-state index >= 15 is 0 Å². The molecule has 0 radical (unpaired) electrons. The minimum atomic E-state index is -4.25. The lowest BCUT2D eigenvalue weighted by atomic mass is 9.68. The first-order chi connectivity index (χ1) is 13.5. The highest BCUT2D eigenvalue weighted by Gasteiger charge is 2.32. The fourth-order valence-corrected chi connectivity index (χ4v) is 5.16. The molecule has 0 aromatic heterocycles. The van der Waals surface area contributed by atoms with E-state index in [1.807, 2.05) is 0 Å². The average Bonchev–Trinajstić information content (AvgIpc) is 2.71. The number of allylic oxidation sites excluding steroid dienone is 2. The van der Waals surface area contributed by atoms with Crippen LogP contribution in [0.1, 0.15) is 81.3 Å². The van der Waals surface area contributed by atoms with E-state index in [0.29, 0.717) is 18.3 Å². The third-order valence-electron chi connectivity index (χ3n) is 6.88. The van der Waals surface area contributed by atoms with Gasteiger partial charge in [0.25, 0.3) is 0 Å². The van der Waals surface area contributed by atoms with Gasteiger partial charge in [-0.2, -0.15) is 13.2 Å². The SMILES string of the molecule is FCCC/C=C/C1CCC(C2CCC(c3ccc(C(F)(F)F)cc3)CC2)CC1. The molecule has 2 aliphatic rings. The summed E-state index contributed by atoms with van der Waals surface area (Å²) in [7, 11) is 0. The van der Waals surface area contributed by atoms with Crippen LogP contribution in [0.25, 0.3) is 0 Å². The van der Waals surface area contributed by atoms with E-state index in [0.717, 1.165) is 36.7 Å². The molecule has 1 aromatic rings. The zero-order valence-electron chi connectivity index (χ0n) is 16.6. The molecule has 2 aliphatic carbocycles. The largest absolute Gasteiger partial charge is 0.416 e. The van der Waals surface area contributed by atoms with Crippen molar-refractivity contribution in [2.75, 3.05) is 6.67 Å². The second kappa shape index (κ2) is 9.93. The molecule has 28 heavy (non-hydrogen) atoms. The third kappa shape index (κ3) is 5.84. The molecule has 2 fully saturated rings. The number of hydrogen-bond acceptors (Lipinski definition) is 0. The maximum atomic E-state index is 12.7. The van der Waals surface area contributed by atoms with Crippen LogP contribution in [0.15, 0.2) is 36.4 Å². The van der Waals surface area contributed by atoms with Crippen molar-refractivity contribution in [3.8, 4) is 0 Å². The van der Waals surface area contributed by atoms with Crippen molar-refractivity contribution in [3.05, 3.63) is 47.5 Å². The average molecular weight is 397 g/mol. The maximum absolute atomic E-state index is 12.7. The zero-order valence-corrected chi connectivity index (χ0v) is 16.6. The van der Waals surface area contributed by atoms with Crippen LogP contribution < -0.4 is 0 Å². The Balaban J connectivity index is 1.43. The van der Waals surface area contributed by atoms with E-state index in [1.54, 1.807) is 12.1 Å². The lowest BCUT2D eigenvalue weighted by Gasteiger charge is -2.37. The van der Waals surface area contributed by atoms with Crippen molar-refractivity contribution in [2.24, 2.45) is 17.8 Å². The molecule has 2 saturated carbocycles. The molecular weight excluding hydrogens is 364 g/mol. The molecule has 4 heteroatoms. The van der Waals surface area contributed by atoms with Gasteiger partial charge in [0.15, 0.2) is 0 Å². The third-order valence-corrected chi connectivity index (χ3v) is 6.88. The summed E-state index contributed by atoms with van der Waals surface area (Å²) >= 11 is 0. The molecule has 0 aliphatic heterocycles. The fraction of sp³-hybridized carbons (Fsp3) is 0.667. The van der Waals surface area contributed by atoms with Gasteiger partial charge in [0, 0.05) is 0 Å². The van der Waals surface area contributed by atoms with Crippen LogP contribution in [-0.2, 0) is 6.18 Å². The van der Waals surface area contributed by atoms with Crippen molar-refractivity contribution < 1.29 is 17.6 Å². The Morgan fingerprint density at radius 1 is 0.821 bits per heavy atom. The molecule has 0 nitrogen and oxygen atoms in total. The van der Waals surface area contributed by atoms with Gasteiger partial charge < -0.3 is 0 Å². The van der Waals surface area contributed by atoms with E-state index in [2.05, 4.69) is 12.2 Å². The molecule has 0 spiro atoms. The highest BCUT2D eigenvalue weighted by molar-refractivity contribution is 5.27. The normalized spacial score (nSPS) is 29.3. The Hall–Kier alpha value is -1.32. The minimum absolute atomic E-state index is 0.230. The highest BCUT2D eigenvalue weighted by Crippen LogP contribution is 2.44. The molecule has 0 atom stereocenters. The van der Waals surface area contributed by atoms with Crippen LogP contribution in [0.2, 0.25) is 0 Å². The summed E-state index contributed by atoms with van der Waals surface area (Å²) in [5.74, 6) is 2.67. The van der Waals surface area contributed by atoms with E-state index in [9.17, 15) is 17.6 Å². The van der Waals surface area contributed by atoms with Crippen molar-refractivity contribution in [3.63, 3.8) is 0 Å². The monoisotopic (exact) mass is 396 g/mol. The number of alkyl halides is 4. The van der Waals surface area contributed by atoms with Gasteiger partial charge in [-0.05, 0) is 106 Å². The van der Waals surface area contributed by atoms with Crippen molar-refractivity contribution >= 4 is 0 Å². The molecule has 0 bridgehead atoms. The Labute approximate surface area is 166 Å². The van der Waals surface area contributed by atoms with Crippen molar-refractivity contribution in [1.29, 1.82) is 0 Å². The van der Waals surface area contributed by atoms with E-state index in [-0.39, 0.29) is 6.67 Å². The van der Waals surface area contributed by atoms with Gasteiger partial charge in [0.1, 0.15) is 0 Å². The van der Waals surface area contributed by atoms with Gasteiger partial charge in [-0.25, -0.2) is 0 Å². The van der Waals surface area contributed by atoms with Crippen LogP contribution in [-0.4, -0.2) is 6.67 Å². The van der Waals surface area contributed by atoms with Crippen LogP contribution >= 0.6 is 0 Å². The standard InChI is InChI=1S/C24H32F4/c25-17-3-1-2-4-18-5-7-19(8-6-18)20-9-11-21(12-10-20)22-13-15-23(16-14-22)24(26,27)28/h2,4,13-16,18-21H,1,3,5-12,17H2/b4-2+.